The van der Waals surface area contributed by atoms with Crippen LogP contribution < -0.4 is 5.32 Å². The number of ether oxygens (including phenoxy) is 1. The summed E-state index contributed by atoms with van der Waals surface area (Å²) in [6, 6.07) is 7.71. The lowest BCUT2D eigenvalue weighted by atomic mass is 10.0. The molecule has 1 atom stereocenters. The minimum Gasteiger partial charge on any atom is -0.365 e. The average molecular weight is 335 g/mol. The number of halogens is 1. The molecule has 1 aromatic carbocycles. The first kappa shape index (κ1) is 13.5. The highest BCUT2D eigenvalue weighted by molar-refractivity contribution is 9.10. The van der Waals surface area contributed by atoms with E-state index in [1.165, 1.54) is 0 Å². The van der Waals surface area contributed by atoms with E-state index in [1.54, 1.807) is 6.20 Å². The number of anilines is 1. The fourth-order valence-electron chi connectivity index (χ4n) is 2.45. The maximum Gasteiger partial charge on any atom is 0.256 e. The number of carbonyl (C=O) groups excluding carboxylic acids is 1. The van der Waals surface area contributed by atoms with Crippen molar-refractivity contribution in [3.63, 3.8) is 0 Å². The number of carbonyl (C=O) groups is 1. The molecule has 1 aliphatic rings. The third kappa shape index (κ3) is 2.43. The van der Waals surface area contributed by atoms with Crippen molar-refractivity contribution in [1.82, 2.24) is 4.98 Å². The van der Waals surface area contributed by atoms with Crippen molar-refractivity contribution >= 4 is 38.4 Å². The molecule has 3 rings (SSSR count). The molecule has 1 fully saturated rings. The first-order valence-electron chi connectivity index (χ1n) is 6.58. The van der Waals surface area contributed by atoms with Crippen LogP contribution >= 0.6 is 15.9 Å². The number of rotatable bonds is 2. The molecule has 1 amide bonds. The smallest absolute Gasteiger partial charge is 0.256 e. The van der Waals surface area contributed by atoms with E-state index >= 15 is 0 Å². The second kappa shape index (κ2) is 5.14. The third-order valence-corrected chi connectivity index (χ3v) is 4.06. The Morgan fingerprint density at radius 1 is 1.50 bits per heavy atom. The Hall–Kier alpha value is -1.46. The van der Waals surface area contributed by atoms with Gasteiger partial charge in [0.25, 0.3) is 5.91 Å². The van der Waals surface area contributed by atoms with Crippen molar-refractivity contribution in [2.24, 2.45) is 0 Å². The summed E-state index contributed by atoms with van der Waals surface area (Å²) in [5.74, 6) is -0.104. The lowest BCUT2D eigenvalue weighted by molar-refractivity contribution is -0.133. The van der Waals surface area contributed by atoms with E-state index < -0.39 is 5.60 Å². The first-order valence-corrected chi connectivity index (χ1v) is 7.37. The van der Waals surface area contributed by atoms with Crippen molar-refractivity contribution in [1.29, 1.82) is 0 Å². The van der Waals surface area contributed by atoms with Gasteiger partial charge in [-0.15, -0.1) is 0 Å². The maximum absolute atomic E-state index is 12.4. The second-order valence-corrected chi connectivity index (χ2v) is 6.08. The number of pyridine rings is 1. The Kier molecular flexibility index (Phi) is 3.48. The fraction of sp³-hybridized carbons (Fsp3) is 0.333. The van der Waals surface area contributed by atoms with Crippen LogP contribution in [0.15, 0.2) is 34.9 Å². The summed E-state index contributed by atoms with van der Waals surface area (Å²) in [4.78, 5) is 16.8. The lowest BCUT2D eigenvalue weighted by Gasteiger charge is -2.22. The predicted octanol–water partition coefficient (Wildman–Crippen LogP) is 3.50. The van der Waals surface area contributed by atoms with E-state index in [0.717, 1.165) is 33.9 Å². The normalized spacial score (nSPS) is 22.1. The average Bonchev–Trinajstić information content (AvgIpc) is 2.87. The Balaban J connectivity index is 1.93. The van der Waals surface area contributed by atoms with E-state index in [-0.39, 0.29) is 5.91 Å². The summed E-state index contributed by atoms with van der Waals surface area (Å²) in [5.41, 5.74) is 0.778. The molecule has 0 aliphatic carbocycles. The summed E-state index contributed by atoms with van der Waals surface area (Å²) < 4.78 is 6.48. The van der Waals surface area contributed by atoms with Gasteiger partial charge in [-0.1, -0.05) is 12.1 Å². The van der Waals surface area contributed by atoms with Gasteiger partial charge in [-0.3, -0.25) is 9.78 Å². The van der Waals surface area contributed by atoms with E-state index in [9.17, 15) is 4.79 Å². The number of para-hydroxylation sites is 1. The number of hydrogen-bond donors (Lipinski definition) is 1. The molecule has 5 heteroatoms. The standard InChI is InChI=1S/C15H15BrN2O2/c1-15(6-3-7-20-15)14(19)18-12-5-2-4-10-8-11(16)9-17-13(10)12/h2,4-5,8-9H,3,6-7H2,1H3,(H,18,19). The van der Waals surface area contributed by atoms with Crippen LogP contribution in [0.4, 0.5) is 5.69 Å². The molecule has 0 radical (unpaired) electrons. The van der Waals surface area contributed by atoms with Crippen LogP contribution in [0.1, 0.15) is 19.8 Å². The minimum atomic E-state index is -0.725. The first-order chi connectivity index (χ1) is 9.58. The topological polar surface area (TPSA) is 51.2 Å². The zero-order valence-corrected chi connectivity index (χ0v) is 12.7. The summed E-state index contributed by atoms with van der Waals surface area (Å²) in [7, 11) is 0. The van der Waals surface area contributed by atoms with Crippen LogP contribution in [-0.2, 0) is 9.53 Å². The van der Waals surface area contributed by atoms with Gasteiger partial charge in [-0.2, -0.15) is 0 Å². The van der Waals surface area contributed by atoms with E-state index in [4.69, 9.17) is 4.74 Å². The molecular formula is C15H15BrN2O2. The highest BCUT2D eigenvalue weighted by Gasteiger charge is 2.37. The molecule has 1 saturated heterocycles. The van der Waals surface area contributed by atoms with Gasteiger partial charge in [-0.05, 0) is 47.8 Å². The Labute approximate surface area is 125 Å². The van der Waals surface area contributed by atoms with Crippen LogP contribution in [0.5, 0.6) is 0 Å². The van der Waals surface area contributed by atoms with Crippen molar-refractivity contribution in [2.45, 2.75) is 25.4 Å². The Morgan fingerprint density at radius 3 is 3.10 bits per heavy atom. The van der Waals surface area contributed by atoms with Gasteiger partial charge < -0.3 is 10.1 Å². The maximum atomic E-state index is 12.4. The number of benzene rings is 1. The van der Waals surface area contributed by atoms with Crippen LogP contribution in [0, 0.1) is 0 Å². The SMILES string of the molecule is CC1(C(=O)Nc2cccc3cc(Br)cnc23)CCCO1. The van der Waals surface area contributed by atoms with Crippen molar-refractivity contribution in [3.05, 3.63) is 34.9 Å². The number of fused-ring (bicyclic) bond motifs is 1. The van der Waals surface area contributed by atoms with Crippen LogP contribution in [0.25, 0.3) is 10.9 Å². The number of aromatic nitrogens is 1. The summed E-state index contributed by atoms with van der Waals surface area (Å²) in [6.07, 6.45) is 3.40. The Bertz CT molecular complexity index is 666. The van der Waals surface area contributed by atoms with Gasteiger partial charge in [0.1, 0.15) is 5.60 Å². The number of nitrogens with one attached hydrogen (secondary N) is 1. The zero-order valence-electron chi connectivity index (χ0n) is 11.1. The quantitative estimate of drug-likeness (QED) is 0.914. The number of nitrogens with zero attached hydrogens (tertiary/aromatic N) is 1. The van der Waals surface area contributed by atoms with Gasteiger partial charge in [0.05, 0.1) is 11.2 Å². The predicted molar refractivity (Wildman–Crippen MR) is 81.7 cm³/mol. The van der Waals surface area contributed by atoms with E-state index in [1.807, 2.05) is 31.2 Å². The largest absolute Gasteiger partial charge is 0.365 e. The molecule has 0 bridgehead atoms. The zero-order chi connectivity index (χ0) is 14.2. The van der Waals surface area contributed by atoms with E-state index in [2.05, 4.69) is 26.2 Å². The van der Waals surface area contributed by atoms with Gasteiger partial charge in [0, 0.05) is 22.7 Å². The molecule has 1 aromatic heterocycles. The molecule has 1 aliphatic heterocycles. The number of hydrogen-bond acceptors (Lipinski definition) is 3. The molecule has 0 spiro atoms. The molecular weight excluding hydrogens is 320 g/mol. The molecule has 104 valence electrons. The van der Waals surface area contributed by atoms with Crippen molar-refractivity contribution in [2.75, 3.05) is 11.9 Å². The molecule has 4 nitrogen and oxygen atoms in total. The highest BCUT2D eigenvalue weighted by atomic mass is 79.9. The van der Waals surface area contributed by atoms with Gasteiger partial charge in [0.15, 0.2) is 0 Å². The summed E-state index contributed by atoms with van der Waals surface area (Å²) in [6.45, 7) is 2.48. The lowest BCUT2D eigenvalue weighted by Crippen LogP contribution is -2.39. The fourth-order valence-corrected chi connectivity index (χ4v) is 2.80. The molecule has 1 unspecified atom stereocenters. The minimum absolute atomic E-state index is 0.104. The molecule has 20 heavy (non-hydrogen) atoms. The van der Waals surface area contributed by atoms with Crippen molar-refractivity contribution in [3.8, 4) is 0 Å². The Morgan fingerprint density at radius 2 is 2.35 bits per heavy atom. The van der Waals surface area contributed by atoms with Gasteiger partial charge in [0.2, 0.25) is 0 Å². The van der Waals surface area contributed by atoms with Gasteiger partial charge in [-0.25, -0.2) is 0 Å². The van der Waals surface area contributed by atoms with Crippen LogP contribution in [0.2, 0.25) is 0 Å². The summed E-state index contributed by atoms with van der Waals surface area (Å²) in [5, 5.41) is 3.93. The summed E-state index contributed by atoms with van der Waals surface area (Å²) >= 11 is 3.40. The monoisotopic (exact) mass is 334 g/mol. The molecule has 1 N–H and O–H groups in total. The number of amides is 1. The molecule has 2 heterocycles. The van der Waals surface area contributed by atoms with Crippen LogP contribution in [-0.4, -0.2) is 23.1 Å². The van der Waals surface area contributed by atoms with E-state index in [0.29, 0.717) is 6.61 Å². The van der Waals surface area contributed by atoms with Gasteiger partial charge >= 0.3 is 0 Å². The third-order valence-electron chi connectivity index (χ3n) is 3.62. The molecule has 0 saturated carbocycles. The second-order valence-electron chi connectivity index (χ2n) is 5.17. The highest BCUT2D eigenvalue weighted by Crippen LogP contribution is 2.29. The van der Waals surface area contributed by atoms with Crippen molar-refractivity contribution < 1.29 is 9.53 Å². The van der Waals surface area contributed by atoms with Crippen LogP contribution in [0.3, 0.4) is 0 Å². The molecule has 2 aromatic rings.